The molecule has 1 heterocycles. The molecule has 0 aromatic heterocycles. The summed E-state index contributed by atoms with van der Waals surface area (Å²) < 4.78 is 1.16. The van der Waals surface area contributed by atoms with Gasteiger partial charge in [0.05, 0.1) is 0 Å². The third kappa shape index (κ3) is 2.73. The van der Waals surface area contributed by atoms with Crippen molar-refractivity contribution in [3.63, 3.8) is 0 Å². The molecule has 1 aromatic carbocycles. The Kier molecular flexibility index (Phi) is 3.65. The molecular weight excluding hydrogens is 252 g/mol. The van der Waals surface area contributed by atoms with E-state index < -0.39 is 0 Å². The van der Waals surface area contributed by atoms with Crippen molar-refractivity contribution >= 4 is 21.6 Å². The first-order valence-corrected chi connectivity index (χ1v) is 6.29. The van der Waals surface area contributed by atoms with Gasteiger partial charge in [0.2, 0.25) is 0 Å². The molecule has 1 aliphatic rings. The highest BCUT2D eigenvalue weighted by atomic mass is 79.9. The lowest BCUT2D eigenvalue weighted by Crippen LogP contribution is -2.34. The molecule has 3 heteroatoms. The molecule has 15 heavy (non-hydrogen) atoms. The van der Waals surface area contributed by atoms with Crippen molar-refractivity contribution in [1.82, 2.24) is 5.32 Å². The Hall–Kier alpha value is -0.540. The topological polar surface area (TPSA) is 15.3 Å². The van der Waals surface area contributed by atoms with Crippen LogP contribution in [0.5, 0.6) is 0 Å². The molecule has 1 N–H and O–H groups in total. The SMILES string of the molecule is CC1CCNCCN1c1cccc(Br)c1. The molecule has 1 aliphatic heterocycles. The summed E-state index contributed by atoms with van der Waals surface area (Å²) in [5, 5.41) is 3.44. The predicted octanol–water partition coefficient (Wildman–Crippen LogP) is 2.64. The number of nitrogens with one attached hydrogen (secondary N) is 1. The summed E-state index contributed by atoms with van der Waals surface area (Å²) in [5.41, 5.74) is 1.32. The van der Waals surface area contributed by atoms with Crippen LogP contribution in [0.4, 0.5) is 5.69 Å². The molecule has 1 unspecified atom stereocenters. The first-order chi connectivity index (χ1) is 7.27. The number of nitrogens with zero attached hydrogens (tertiary/aromatic N) is 1. The van der Waals surface area contributed by atoms with Crippen LogP contribution >= 0.6 is 15.9 Å². The molecule has 0 aliphatic carbocycles. The second kappa shape index (κ2) is 4.99. The Morgan fingerprint density at radius 2 is 2.27 bits per heavy atom. The van der Waals surface area contributed by atoms with Crippen molar-refractivity contribution < 1.29 is 0 Å². The van der Waals surface area contributed by atoms with Gasteiger partial charge in [-0.15, -0.1) is 0 Å². The molecule has 2 nitrogen and oxygen atoms in total. The first kappa shape index (κ1) is 11.0. The van der Waals surface area contributed by atoms with Gasteiger partial charge >= 0.3 is 0 Å². The standard InChI is InChI=1S/C12H17BrN2/c1-10-5-6-14-7-8-15(10)12-4-2-3-11(13)9-12/h2-4,9-10,14H,5-8H2,1H3. The van der Waals surface area contributed by atoms with Crippen molar-refractivity contribution in [1.29, 1.82) is 0 Å². The van der Waals surface area contributed by atoms with Crippen LogP contribution in [0.1, 0.15) is 13.3 Å². The molecule has 1 saturated heterocycles. The number of anilines is 1. The zero-order chi connectivity index (χ0) is 10.7. The van der Waals surface area contributed by atoms with E-state index in [1.165, 1.54) is 12.1 Å². The Morgan fingerprint density at radius 1 is 1.40 bits per heavy atom. The lowest BCUT2D eigenvalue weighted by molar-refractivity contribution is 0.631. The number of halogens is 1. The van der Waals surface area contributed by atoms with Crippen LogP contribution in [-0.2, 0) is 0 Å². The van der Waals surface area contributed by atoms with Crippen molar-refractivity contribution in [3.05, 3.63) is 28.7 Å². The summed E-state index contributed by atoms with van der Waals surface area (Å²) in [6, 6.07) is 9.18. The van der Waals surface area contributed by atoms with Gasteiger partial charge in [-0.1, -0.05) is 22.0 Å². The van der Waals surface area contributed by atoms with Gasteiger partial charge in [-0.3, -0.25) is 0 Å². The Labute approximate surface area is 99.8 Å². The van der Waals surface area contributed by atoms with E-state index in [1.807, 2.05) is 0 Å². The van der Waals surface area contributed by atoms with E-state index in [0.29, 0.717) is 6.04 Å². The van der Waals surface area contributed by atoms with Crippen molar-refractivity contribution in [2.45, 2.75) is 19.4 Å². The quantitative estimate of drug-likeness (QED) is 0.843. The first-order valence-electron chi connectivity index (χ1n) is 5.50. The molecule has 0 radical (unpaired) electrons. The van der Waals surface area contributed by atoms with Gasteiger partial charge in [-0.2, -0.15) is 0 Å². The lowest BCUT2D eigenvalue weighted by atomic mass is 10.2. The summed E-state index contributed by atoms with van der Waals surface area (Å²) in [5.74, 6) is 0. The Bertz CT molecular complexity index is 327. The number of hydrogen-bond acceptors (Lipinski definition) is 2. The fourth-order valence-electron chi connectivity index (χ4n) is 2.05. The van der Waals surface area contributed by atoms with E-state index in [4.69, 9.17) is 0 Å². The summed E-state index contributed by atoms with van der Waals surface area (Å²) in [4.78, 5) is 2.48. The maximum Gasteiger partial charge on any atom is 0.0380 e. The highest BCUT2D eigenvalue weighted by molar-refractivity contribution is 9.10. The lowest BCUT2D eigenvalue weighted by Gasteiger charge is -2.29. The Balaban J connectivity index is 2.20. The summed E-state index contributed by atoms with van der Waals surface area (Å²) in [6.07, 6.45) is 1.21. The zero-order valence-electron chi connectivity index (χ0n) is 9.04. The van der Waals surface area contributed by atoms with E-state index in [9.17, 15) is 0 Å². The van der Waals surface area contributed by atoms with Crippen LogP contribution < -0.4 is 10.2 Å². The third-order valence-electron chi connectivity index (χ3n) is 2.94. The maximum atomic E-state index is 3.53. The molecule has 2 rings (SSSR count). The minimum absolute atomic E-state index is 0.620. The summed E-state index contributed by atoms with van der Waals surface area (Å²) in [6.45, 7) is 5.61. The average molecular weight is 269 g/mol. The minimum Gasteiger partial charge on any atom is -0.367 e. The molecule has 0 saturated carbocycles. The van der Waals surface area contributed by atoms with Gasteiger partial charge in [0.1, 0.15) is 0 Å². The van der Waals surface area contributed by atoms with Crippen LogP contribution in [0.25, 0.3) is 0 Å². The second-order valence-electron chi connectivity index (χ2n) is 4.06. The highest BCUT2D eigenvalue weighted by Gasteiger charge is 2.16. The van der Waals surface area contributed by atoms with Gasteiger partial charge in [0.25, 0.3) is 0 Å². The normalized spacial score (nSPS) is 22.5. The maximum absolute atomic E-state index is 3.53. The van der Waals surface area contributed by atoms with Crippen LogP contribution in [0, 0.1) is 0 Å². The van der Waals surface area contributed by atoms with Crippen molar-refractivity contribution in [2.75, 3.05) is 24.5 Å². The molecular formula is C12H17BrN2. The van der Waals surface area contributed by atoms with Gasteiger partial charge in [-0.05, 0) is 38.1 Å². The largest absolute Gasteiger partial charge is 0.367 e. The molecule has 1 aromatic rings. The van der Waals surface area contributed by atoms with Crippen molar-refractivity contribution in [2.24, 2.45) is 0 Å². The van der Waals surface area contributed by atoms with Gasteiger partial charge in [-0.25, -0.2) is 0 Å². The van der Waals surface area contributed by atoms with Gasteiger partial charge < -0.3 is 10.2 Å². The van der Waals surface area contributed by atoms with Gasteiger partial charge in [0, 0.05) is 29.3 Å². The van der Waals surface area contributed by atoms with Gasteiger partial charge in [0.15, 0.2) is 0 Å². The summed E-state index contributed by atoms with van der Waals surface area (Å²) >= 11 is 3.53. The predicted molar refractivity (Wildman–Crippen MR) is 68.4 cm³/mol. The number of rotatable bonds is 1. The van der Waals surface area contributed by atoms with E-state index in [0.717, 1.165) is 24.1 Å². The molecule has 82 valence electrons. The number of hydrogen-bond donors (Lipinski definition) is 1. The fraction of sp³-hybridized carbons (Fsp3) is 0.500. The van der Waals surface area contributed by atoms with E-state index in [2.05, 4.69) is 57.3 Å². The van der Waals surface area contributed by atoms with E-state index >= 15 is 0 Å². The van der Waals surface area contributed by atoms with Crippen LogP contribution in [0.15, 0.2) is 28.7 Å². The molecule has 1 atom stereocenters. The Morgan fingerprint density at radius 3 is 3.07 bits per heavy atom. The zero-order valence-corrected chi connectivity index (χ0v) is 10.6. The number of benzene rings is 1. The molecule has 0 bridgehead atoms. The highest BCUT2D eigenvalue weighted by Crippen LogP contribution is 2.23. The van der Waals surface area contributed by atoms with Crippen LogP contribution in [0.2, 0.25) is 0 Å². The van der Waals surface area contributed by atoms with Crippen LogP contribution in [-0.4, -0.2) is 25.7 Å². The third-order valence-corrected chi connectivity index (χ3v) is 3.43. The van der Waals surface area contributed by atoms with E-state index in [-0.39, 0.29) is 0 Å². The van der Waals surface area contributed by atoms with Crippen LogP contribution in [0.3, 0.4) is 0 Å². The summed E-state index contributed by atoms with van der Waals surface area (Å²) in [7, 11) is 0. The van der Waals surface area contributed by atoms with Crippen molar-refractivity contribution in [3.8, 4) is 0 Å². The second-order valence-corrected chi connectivity index (χ2v) is 4.98. The smallest absolute Gasteiger partial charge is 0.0380 e. The molecule has 0 spiro atoms. The molecule has 0 amide bonds. The minimum atomic E-state index is 0.620. The fourth-order valence-corrected chi connectivity index (χ4v) is 2.44. The molecule has 1 fully saturated rings. The van der Waals surface area contributed by atoms with E-state index in [1.54, 1.807) is 0 Å². The monoisotopic (exact) mass is 268 g/mol. The average Bonchev–Trinajstić information content (AvgIpc) is 2.43.